The summed E-state index contributed by atoms with van der Waals surface area (Å²) in [6.45, 7) is 0. The van der Waals surface area contributed by atoms with Gasteiger partial charge in [-0.05, 0) is 31.4 Å². The van der Waals surface area contributed by atoms with E-state index in [1.54, 1.807) is 0 Å². The minimum Gasteiger partial charge on any atom is -0.508 e. The van der Waals surface area contributed by atoms with Gasteiger partial charge in [-0.1, -0.05) is 0 Å². The van der Waals surface area contributed by atoms with E-state index in [1.807, 2.05) is 0 Å². The number of phenols is 1. The molecule has 17 heavy (non-hydrogen) atoms. The lowest BCUT2D eigenvalue weighted by Gasteiger charge is -2.41. The zero-order valence-electron chi connectivity index (χ0n) is 9.17. The van der Waals surface area contributed by atoms with Gasteiger partial charge in [-0.3, -0.25) is 4.79 Å². The summed E-state index contributed by atoms with van der Waals surface area (Å²) in [4.78, 5) is 11.9. The van der Waals surface area contributed by atoms with Crippen molar-refractivity contribution in [3.05, 3.63) is 29.6 Å². The van der Waals surface area contributed by atoms with E-state index >= 15 is 0 Å². The molecule has 92 valence electrons. The van der Waals surface area contributed by atoms with Gasteiger partial charge >= 0.3 is 0 Å². The van der Waals surface area contributed by atoms with Crippen molar-refractivity contribution < 1.29 is 14.3 Å². The molecular formula is C12H13ClFNO2. The molecule has 1 fully saturated rings. The second kappa shape index (κ2) is 4.53. The second-order valence-corrected chi connectivity index (χ2v) is 4.65. The van der Waals surface area contributed by atoms with E-state index in [1.165, 1.54) is 12.1 Å². The molecular weight excluding hydrogens is 245 g/mol. The molecule has 2 N–H and O–H groups in total. The van der Waals surface area contributed by atoms with Crippen LogP contribution < -0.4 is 5.32 Å². The van der Waals surface area contributed by atoms with Crippen LogP contribution in [0.25, 0.3) is 0 Å². The van der Waals surface area contributed by atoms with Crippen LogP contribution in [-0.4, -0.2) is 22.4 Å². The first-order valence-corrected chi connectivity index (χ1v) is 5.97. The van der Waals surface area contributed by atoms with Crippen LogP contribution in [0.1, 0.15) is 29.6 Å². The Balaban J connectivity index is 2.14. The fourth-order valence-electron chi connectivity index (χ4n) is 1.89. The van der Waals surface area contributed by atoms with E-state index < -0.39 is 11.7 Å². The smallest absolute Gasteiger partial charge is 0.254 e. The maximum Gasteiger partial charge on any atom is 0.254 e. The number of aromatic hydroxyl groups is 1. The second-order valence-electron chi connectivity index (χ2n) is 4.39. The van der Waals surface area contributed by atoms with Gasteiger partial charge < -0.3 is 10.4 Å². The van der Waals surface area contributed by atoms with Gasteiger partial charge in [0.2, 0.25) is 0 Å². The maximum atomic E-state index is 13.4. The molecule has 0 spiro atoms. The molecule has 1 aliphatic carbocycles. The molecule has 1 saturated carbocycles. The first-order chi connectivity index (χ1) is 8.06. The molecule has 3 nitrogen and oxygen atoms in total. The van der Waals surface area contributed by atoms with Crippen molar-refractivity contribution in [2.24, 2.45) is 0 Å². The van der Waals surface area contributed by atoms with Crippen LogP contribution in [0.15, 0.2) is 18.2 Å². The van der Waals surface area contributed by atoms with Gasteiger partial charge in [0.15, 0.2) is 0 Å². The van der Waals surface area contributed by atoms with Gasteiger partial charge in [0, 0.05) is 11.9 Å². The van der Waals surface area contributed by atoms with Gasteiger partial charge in [0.25, 0.3) is 5.91 Å². The largest absolute Gasteiger partial charge is 0.508 e. The highest BCUT2D eigenvalue weighted by Gasteiger charge is 2.38. The molecule has 0 bridgehead atoms. The highest BCUT2D eigenvalue weighted by Crippen LogP contribution is 2.33. The van der Waals surface area contributed by atoms with E-state index in [-0.39, 0.29) is 16.9 Å². The van der Waals surface area contributed by atoms with Crippen molar-refractivity contribution in [2.45, 2.75) is 24.8 Å². The fraction of sp³-hybridized carbons (Fsp3) is 0.417. The Kier molecular flexibility index (Phi) is 3.24. The summed E-state index contributed by atoms with van der Waals surface area (Å²) in [7, 11) is 0. The zero-order valence-corrected chi connectivity index (χ0v) is 9.93. The summed E-state index contributed by atoms with van der Waals surface area (Å²) in [5, 5.41) is 11.8. The summed E-state index contributed by atoms with van der Waals surface area (Å²) in [5.74, 6) is -1.08. The minimum atomic E-state index is -0.730. The fourth-order valence-corrected chi connectivity index (χ4v) is 2.23. The molecule has 0 radical (unpaired) electrons. The molecule has 5 heteroatoms. The van der Waals surface area contributed by atoms with Crippen molar-refractivity contribution in [3.63, 3.8) is 0 Å². The zero-order chi connectivity index (χ0) is 12.5. The monoisotopic (exact) mass is 257 g/mol. The molecule has 0 aliphatic heterocycles. The van der Waals surface area contributed by atoms with E-state index in [4.69, 9.17) is 16.7 Å². The summed E-state index contributed by atoms with van der Waals surface area (Å²) in [5.41, 5.74) is -0.456. The van der Waals surface area contributed by atoms with Crippen LogP contribution in [0.3, 0.4) is 0 Å². The maximum absolute atomic E-state index is 13.4. The number of hydrogen-bond donors (Lipinski definition) is 2. The normalized spacial score (nSPS) is 17.3. The van der Waals surface area contributed by atoms with Crippen LogP contribution in [-0.2, 0) is 0 Å². The van der Waals surface area contributed by atoms with Crippen molar-refractivity contribution in [3.8, 4) is 5.75 Å². The molecule has 0 unspecified atom stereocenters. The van der Waals surface area contributed by atoms with E-state index in [9.17, 15) is 9.18 Å². The highest BCUT2D eigenvalue weighted by atomic mass is 35.5. The van der Waals surface area contributed by atoms with Gasteiger partial charge in [-0.25, -0.2) is 4.39 Å². The number of halogens is 2. The van der Waals surface area contributed by atoms with Crippen LogP contribution in [0.5, 0.6) is 5.75 Å². The topological polar surface area (TPSA) is 49.3 Å². The molecule has 1 aromatic carbocycles. The number of phenolic OH excluding ortho intramolecular Hbond substituents is 1. The molecule has 1 aliphatic rings. The van der Waals surface area contributed by atoms with Crippen molar-refractivity contribution in [1.29, 1.82) is 0 Å². The minimum absolute atomic E-state index is 0.0702. The number of carbonyl (C=O) groups is 1. The Morgan fingerprint density at radius 3 is 2.71 bits per heavy atom. The average molecular weight is 258 g/mol. The summed E-state index contributed by atoms with van der Waals surface area (Å²) in [6, 6.07) is 3.47. The number of benzene rings is 1. The van der Waals surface area contributed by atoms with Crippen molar-refractivity contribution in [1.82, 2.24) is 5.32 Å². The lowest BCUT2D eigenvalue weighted by Crippen LogP contribution is -2.55. The number of amides is 1. The molecule has 0 aromatic heterocycles. The van der Waals surface area contributed by atoms with Gasteiger partial charge in [0.1, 0.15) is 11.6 Å². The third-order valence-corrected chi connectivity index (χ3v) is 3.65. The first kappa shape index (κ1) is 12.2. The highest BCUT2D eigenvalue weighted by molar-refractivity contribution is 6.19. The van der Waals surface area contributed by atoms with E-state index in [0.29, 0.717) is 5.88 Å². The Morgan fingerprint density at radius 2 is 2.24 bits per heavy atom. The van der Waals surface area contributed by atoms with E-state index in [0.717, 1.165) is 25.3 Å². The molecule has 0 heterocycles. The number of nitrogens with one attached hydrogen (secondary N) is 1. The third kappa shape index (κ3) is 2.36. The Bertz CT molecular complexity index is 441. The summed E-state index contributed by atoms with van der Waals surface area (Å²) in [6.07, 6.45) is 2.66. The van der Waals surface area contributed by atoms with Crippen LogP contribution in [0.2, 0.25) is 0 Å². The van der Waals surface area contributed by atoms with Crippen molar-refractivity contribution in [2.75, 3.05) is 5.88 Å². The first-order valence-electron chi connectivity index (χ1n) is 5.43. The lowest BCUT2D eigenvalue weighted by atomic mass is 9.78. The molecule has 1 amide bonds. The van der Waals surface area contributed by atoms with Crippen LogP contribution >= 0.6 is 11.6 Å². The van der Waals surface area contributed by atoms with Gasteiger partial charge in [-0.15, -0.1) is 11.6 Å². The summed E-state index contributed by atoms with van der Waals surface area (Å²) < 4.78 is 13.4. The average Bonchev–Trinajstić information content (AvgIpc) is 2.23. The van der Waals surface area contributed by atoms with Gasteiger partial charge in [-0.2, -0.15) is 0 Å². The van der Waals surface area contributed by atoms with Crippen LogP contribution in [0, 0.1) is 5.82 Å². The summed E-state index contributed by atoms with van der Waals surface area (Å²) >= 11 is 5.81. The Labute approximate surface area is 104 Å². The number of carbonyl (C=O) groups excluding carboxylic acids is 1. The molecule has 1 aromatic rings. The number of rotatable bonds is 3. The predicted octanol–water partition coefficient (Wildman–Crippen LogP) is 2.42. The Morgan fingerprint density at radius 1 is 1.53 bits per heavy atom. The molecule has 2 rings (SSSR count). The predicted molar refractivity (Wildman–Crippen MR) is 62.8 cm³/mol. The van der Waals surface area contributed by atoms with Crippen LogP contribution in [0.4, 0.5) is 4.39 Å². The molecule has 0 atom stereocenters. The van der Waals surface area contributed by atoms with Crippen molar-refractivity contribution >= 4 is 17.5 Å². The third-order valence-electron chi connectivity index (χ3n) is 3.14. The number of hydrogen-bond acceptors (Lipinski definition) is 2. The quantitative estimate of drug-likeness (QED) is 0.817. The lowest BCUT2D eigenvalue weighted by molar-refractivity contribution is 0.0849. The van der Waals surface area contributed by atoms with E-state index in [2.05, 4.69) is 5.32 Å². The standard InChI is InChI=1S/C12H13ClFNO2/c13-7-12(4-1-5-12)15-11(17)9-3-2-8(16)6-10(9)14/h2-3,6,16H,1,4-5,7H2,(H,15,17). The number of alkyl halides is 1. The Hall–Kier alpha value is -1.29. The van der Waals surface area contributed by atoms with Gasteiger partial charge in [0.05, 0.1) is 11.1 Å². The molecule has 0 saturated heterocycles. The SMILES string of the molecule is O=C(NC1(CCl)CCC1)c1ccc(O)cc1F.